The summed E-state index contributed by atoms with van der Waals surface area (Å²) in [7, 11) is 0. The molecule has 68 heavy (non-hydrogen) atoms. The van der Waals surface area contributed by atoms with Crippen molar-refractivity contribution in [2.45, 2.75) is 5.41 Å². The smallest absolute Gasteiger partial charge is 0.0726 e. The van der Waals surface area contributed by atoms with E-state index in [9.17, 15) is 0 Å². The maximum atomic E-state index is 2.49. The first-order valence-corrected chi connectivity index (χ1v) is 23.4. The molecule has 11 aromatic carbocycles. The highest BCUT2D eigenvalue weighted by Gasteiger charge is 2.52. The van der Waals surface area contributed by atoms with Gasteiger partial charge in [0.05, 0.1) is 11.1 Å². The SMILES string of the molecule is c1ccc(N(c2ccccc2)c2cccc(N(c3cccc(N(c4ccccc4)c4ccccc4)c3)c3cccc4c3-c3ccccc3C43c4ccccc4-c4c3ccc3ccccc43)c2)cc1. The van der Waals surface area contributed by atoms with Crippen molar-refractivity contribution in [2.24, 2.45) is 0 Å². The van der Waals surface area contributed by atoms with Gasteiger partial charge in [-0.1, -0.05) is 182 Å². The Balaban J connectivity index is 1.08. The average Bonchev–Trinajstić information content (AvgIpc) is 3.89. The van der Waals surface area contributed by atoms with Gasteiger partial charge in [0.15, 0.2) is 0 Å². The molecule has 13 rings (SSSR count). The molecule has 0 heterocycles. The fourth-order valence-electron chi connectivity index (χ4n) is 11.3. The van der Waals surface area contributed by atoms with Crippen molar-refractivity contribution in [3.05, 3.63) is 295 Å². The Kier molecular flexibility index (Phi) is 9.40. The number of para-hydroxylation sites is 4. The van der Waals surface area contributed by atoms with Gasteiger partial charge in [-0.25, -0.2) is 0 Å². The van der Waals surface area contributed by atoms with Crippen molar-refractivity contribution in [3.63, 3.8) is 0 Å². The van der Waals surface area contributed by atoms with Gasteiger partial charge >= 0.3 is 0 Å². The molecular weight excluding hydrogens is 823 g/mol. The van der Waals surface area contributed by atoms with E-state index in [1.54, 1.807) is 0 Å². The summed E-state index contributed by atoms with van der Waals surface area (Å²) < 4.78 is 0. The van der Waals surface area contributed by atoms with E-state index in [-0.39, 0.29) is 0 Å². The average molecular weight is 868 g/mol. The standard InChI is InChI=1S/C65H45N3/c1-5-23-47(24-6-1)66(48-25-7-2-8-26-48)51-31-19-33-53(44-51)68(54-34-20-32-52(45-54)67(49-27-9-3-10-28-49)50-29-11-4-12-30-50)62-41-21-40-60-64(62)57-37-16-18-39-59(57)65(60)58-38-17-15-36-56(58)63-55-35-14-13-22-46(55)42-43-61(63)65/h1-45H. The number of fused-ring (bicyclic) bond motifs is 12. The Hall–Kier alpha value is -8.92. The molecule has 2 aliphatic carbocycles. The lowest BCUT2D eigenvalue weighted by Gasteiger charge is -2.33. The van der Waals surface area contributed by atoms with Gasteiger partial charge in [-0.3, -0.25) is 0 Å². The number of hydrogen-bond donors (Lipinski definition) is 0. The van der Waals surface area contributed by atoms with Gasteiger partial charge in [-0.15, -0.1) is 0 Å². The third kappa shape index (κ3) is 6.13. The molecule has 0 amide bonds. The van der Waals surface area contributed by atoms with Crippen LogP contribution >= 0.6 is 0 Å². The van der Waals surface area contributed by atoms with E-state index in [2.05, 4.69) is 288 Å². The van der Waals surface area contributed by atoms with E-state index in [0.717, 1.165) is 51.2 Å². The van der Waals surface area contributed by atoms with E-state index in [1.165, 1.54) is 55.3 Å². The largest absolute Gasteiger partial charge is 0.310 e. The molecule has 0 saturated heterocycles. The molecule has 11 aromatic rings. The van der Waals surface area contributed by atoms with Crippen LogP contribution in [0, 0.1) is 0 Å². The summed E-state index contributed by atoms with van der Waals surface area (Å²) in [6, 6.07) is 99.6. The Morgan fingerprint density at radius 3 is 1.12 bits per heavy atom. The van der Waals surface area contributed by atoms with E-state index in [1.807, 2.05) is 0 Å². The zero-order valence-electron chi connectivity index (χ0n) is 37.3. The van der Waals surface area contributed by atoms with Crippen LogP contribution in [0.1, 0.15) is 22.3 Å². The normalized spacial score (nSPS) is 13.9. The van der Waals surface area contributed by atoms with E-state index in [0.29, 0.717) is 0 Å². The minimum absolute atomic E-state index is 0.526. The molecule has 0 saturated carbocycles. The maximum absolute atomic E-state index is 2.49. The molecule has 0 aromatic heterocycles. The number of hydrogen-bond acceptors (Lipinski definition) is 3. The van der Waals surface area contributed by atoms with Crippen LogP contribution in [0.5, 0.6) is 0 Å². The van der Waals surface area contributed by atoms with Crippen LogP contribution in [0.4, 0.5) is 51.2 Å². The summed E-state index contributed by atoms with van der Waals surface area (Å²) in [5, 5.41) is 2.54. The molecule has 3 heteroatoms. The molecule has 0 aliphatic heterocycles. The molecule has 1 unspecified atom stereocenters. The molecule has 2 aliphatic rings. The predicted molar refractivity (Wildman–Crippen MR) is 284 cm³/mol. The Bertz CT molecular complexity index is 3440. The fourth-order valence-corrected chi connectivity index (χ4v) is 11.3. The van der Waals surface area contributed by atoms with Gasteiger partial charge in [-0.2, -0.15) is 0 Å². The number of nitrogens with zero attached hydrogens (tertiary/aromatic N) is 3. The molecule has 0 radical (unpaired) electrons. The summed E-state index contributed by atoms with van der Waals surface area (Å²) in [5.41, 5.74) is 19.5. The summed E-state index contributed by atoms with van der Waals surface area (Å²) >= 11 is 0. The summed E-state index contributed by atoms with van der Waals surface area (Å²) in [5.74, 6) is 0. The Labute approximate surface area is 397 Å². The second-order valence-electron chi connectivity index (χ2n) is 17.6. The highest BCUT2D eigenvalue weighted by Crippen LogP contribution is 2.65. The van der Waals surface area contributed by atoms with Crippen molar-refractivity contribution < 1.29 is 0 Å². The van der Waals surface area contributed by atoms with Crippen molar-refractivity contribution in [1.29, 1.82) is 0 Å². The van der Waals surface area contributed by atoms with Crippen LogP contribution in [0.2, 0.25) is 0 Å². The quantitative estimate of drug-likeness (QED) is 0.143. The fraction of sp³-hybridized carbons (Fsp3) is 0.0154. The van der Waals surface area contributed by atoms with Gasteiger partial charge in [-0.05, 0) is 141 Å². The number of benzene rings is 11. The van der Waals surface area contributed by atoms with Crippen LogP contribution in [0.15, 0.2) is 273 Å². The Morgan fingerprint density at radius 1 is 0.235 bits per heavy atom. The zero-order chi connectivity index (χ0) is 45.0. The van der Waals surface area contributed by atoms with Crippen LogP contribution in [-0.2, 0) is 5.41 Å². The van der Waals surface area contributed by atoms with E-state index < -0.39 is 5.41 Å². The molecule has 320 valence electrons. The van der Waals surface area contributed by atoms with Gasteiger partial charge in [0.25, 0.3) is 0 Å². The second kappa shape index (κ2) is 16.2. The molecule has 1 atom stereocenters. The molecular formula is C65H45N3. The van der Waals surface area contributed by atoms with Crippen LogP contribution < -0.4 is 14.7 Å². The maximum Gasteiger partial charge on any atom is 0.0726 e. The monoisotopic (exact) mass is 867 g/mol. The lowest BCUT2D eigenvalue weighted by atomic mass is 9.70. The molecule has 0 N–H and O–H groups in total. The second-order valence-corrected chi connectivity index (χ2v) is 17.6. The third-order valence-electron chi connectivity index (χ3n) is 14.0. The van der Waals surface area contributed by atoms with Crippen LogP contribution in [0.3, 0.4) is 0 Å². The first-order chi connectivity index (χ1) is 33.8. The van der Waals surface area contributed by atoms with Gasteiger partial charge in [0.2, 0.25) is 0 Å². The minimum Gasteiger partial charge on any atom is -0.310 e. The first kappa shape index (κ1) is 39.4. The zero-order valence-corrected chi connectivity index (χ0v) is 37.3. The number of rotatable bonds is 9. The van der Waals surface area contributed by atoms with Crippen LogP contribution in [-0.4, -0.2) is 0 Å². The first-order valence-electron chi connectivity index (χ1n) is 23.4. The highest BCUT2D eigenvalue weighted by molar-refractivity contribution is 6.08. The van der Waals surface area contributed by atoms with Crippen molar-refractivity contribution in [2.75, 3.05) is 14.7 Å². The lowest BCUT2D eigenvalue weighted by Crippen LogP contribution is -2.26. The molecule has 3 nitrogen and oxygen atoms in total. The lowest BCUT2D eigenvalue weighted by molar-refractivity contribution is 0.794. The van der Waals surface area contributed by atoms with Crippen molar-refractivity contribution >= 4 is 62.0 Å². The van der Waals surface area contributed by atoms with E-state index >= 15 is 0 Å². The van der Waals surface area contributed by atoms with Crippen LogP contribution in [0.25, 0.3) is 33.0 Å². The van der Waals surface area contributed by atoms with Gasteiger partial charge < -0.3 is 14.7 Å². The Morgan fingerprint density at radius 2 is 0.603 bits per heavy atom. The van der Waals surface area contributed by atoms with Gasteiger partial charge in [0.1, 0.15) is 0 Å². The molecule has 0 fully saturated rings. The highest BCUT2D eigenvalue weighted by atomic mass is 15.2. The summed E-state index contributed by atoms with van der Waals surface area (Å²) in [4.78, 5) is 7.19. The summed E-state index contributed by atoms with van der Waals surface area (Å²) in [6.45, 7) is 0. The van der Waals surface area contributed by atoms with E-state index in [4.69, 9.17) is 0 Å². The minimum atomic E-state index is -0.526. The van der Waals surface area contributed by atoms with Crippen molar-refractivity contribution in [3.8, 4) is 22.3 Å². The van der Waals surface area contributed by atoms with Gasteiger partial charge in [0, 0.05) is 51.1 Å². The topological polar surface area (TPSA) is 9.72 Å². The number of anilines is 9. The predicted octanol–water partition coefficient (Wildman–Crippen LogP) is 17.6. The molecule has 0 bridgehead atoms. The molecule has 1 spiro atoms. The third-order valence-corrected chi connectivity index (χ3v) is 14.0. The van der Waals surface area contributed by atoms with Crippen molar-refractivity contribution in [1.82, 2.24) is 0 Å². The summed E-state index contributed by atoms with van der Waals surface area (Å²) in [6.07, 6.45) is 0.